The predicted octanol–water partition coefficient (Wildman–Crippen LogP) is 12.5. The first-order valence-electron chi connectivity index (χ1n) is 17.6. The van der Waals surface area contributed by atoms with E-state index in [2.05, 4.69) is 188 Å². The van der Waals surface area contributed by atoms with Gasteiger partial charge >= 0.3 is 0 Å². The van der Waals surface area contributed by atoms with E-state index in [1.807, 2.05) is 0 Å². The van der Waals surface area contributed by atoms with Crippen LogP contribution >= 0.6 is 0 Å². The van der Waals surface area contributed by atoms with Crippen LogP contribution in [0.15, 0.2) is 188 Å². The van der Waals surface area contributed by atoms with Gasteiger partial charge in [0.25, 0.3) is 0 Å². The van der Waals surface area contributed by atoms with E-state index in [0.29, 0.717) is 0 Å². The maximum atomic E-state index is 2.47. The molecule has 0 heterocycles. The maximum absolute atomic E-state index is 2.47. The van der Waals surface area contributed by atoms with Crippen LogP contribution in [0.25, 0.3) is 55.6 Å². The van der Waals surface area contributed by atoms with Gasteiger partial charge in [-0.05, 0) is 94.6 Å². The Labute approximate surface area is 293 Å². The summed E-state index contributed by atoms with van der Waals surface area (Å²) in [5.41, 5.74) is 22.5. The Kier molecular flexibility index (Phi) is 5.75. The molecule has 1 atom stereocenters. The van der Waals surface area contributed by atoms with Gasteiger partial charge in [0.1, 0.15) is 0 Å². The Morgan fingerprint density at radius 1 is 0.280 bits per heavy atom. The van der Waals surface area contributed by atoms with Crippen LogP contribution in [0.3, 0.4) is 0 Å². The summed E-state index contributed by atoms with van der Waals surface area (Å²) < 4.78 is 0. The van der Waals surface area contributed by atoms with Gasteiger partial charge < -0.3 is 0 Å². The summed E-state index contributed by atoms with van der Waals surface area (Å²) in [4.78, 5) is 0. The van der Waals surface area contributed by atoms with E-state index in [4.69, 9.17) is 0 Å². The molecule has 50 heavy (non-hydrogen) atoms. The molecule has 0 saturated heterocycles. The number of benzene rings is 8. The second-order valence-electron chi connectivity index (χ2n) is 13.9. The maximum Gasteiger partial charge on any atom is 0.0725 e. The molecule has 0 aromatic heterocycles. The van der Waals surface area contributed by atoms with Crippen LogP contribution in [-0.4, -0.2) is 0 Å². The highest BCUT2D eigenvalue weighted by Gasteiger charge is 2.53. The third kappa shape index (κ3) is 3.60. The summed E-state index contributed by atoms with van der Waals surface area (Å²) in [6.07, 6.45) is 0. The Morgan fingerprint density at radius 2 is 0.740 bits per heavy atom. The minimum atomic E-state index is -0.334. The molecule has 0 N–H and O–H groups in total. The van der Waals surface area contributed by atoms with Crippen LogP contribution in [0.2, 0.25) is 0 Å². The van der Waals surface area contributed by atoms with Crippen molar-refractivity contribution in [2.24, 2.45) is 0 Å². The molecule has 8 aromatic carbocycles. The number of rotatable bonds is 3. The fourth-order valence-electron chi connectivity index (χ4n) is 9.59. The van der Waals surface area contributed by atoms with Crippen molar-refractivity contribution in [3.8, 4) is 55.6 Å². The van der Waals surface area contributed by atoms with Gasteiger partial charge in [-0.1, -0.05) is 188 Å². The highest BCUT2D eigenvalue weighted by Crippen LogP contribution is 2.66. The van der Waals surface area contributed by atoms with E-state index in [1.165, 1.54) is 94.6 Å². The minimum Gasteiger partial charge on any atom is -0.0622 e. The molecule has 3 aliphatic carbocycles. The molecule has 0 nitrogen and oxygen atoms in total. The van der Waals surface area contributed by atoms with Crippen molar-refractivity contribution in [1.82, 2.24) is 0 Å². The average Bonchev–Trinajstić information content (AvgIpc) is 3.80. The van der Waals surface area contributed by atoms with Crippen molar-refractivity contribution in [3.63, 3.8) is 0 Å². The van der Waals surface area contributed by atoms with Crippen molar-refractivity contribution in [2.75, 3.05) is 0 Å². The zero-order chi connectivity index (χ0) is 32.8. The van der Waals surface area contributed by atoms with E-state index in [1.54, 1.807) is 0 Å². The molecule has 3 aliphatic rings. The van der Waals surface area contributed by atoms with Crippen molar-refractivity contribution < 1.29 is 0 Å². The summed E-state index contributed by atoms with van der Waals surface area (Å²) in [7, 11) is 0. The molecular weight excluding hydrogens is 601 g/mol. The minimum absolute atomic E-state index is 0.174. The van der Waals surface area contributed by atoms with Gasteiger partial charge in [-0.15, -0.1) is 0 Å². The second-order valence-corrected chi connectivity index (χ2v) is 13.9. The summed E-state index contributed by atoms with van der Waals surface area (Å²) in [5, 5.41) is 0. The lowest BCUT2D eigenvalue weighted by Gasteiger charge is -2.30. The molecule has 11 rings (SSSR count). The Balaban J connectivity index is 1.08. The number of hydrogen-bond acceptors (Lipinski definition) is 0. The largest absolute Gasteiger partial charge is 0.0725 e. The molecule has 1 unspecified atom stereocenters. The van der Waals surface area contributed by atoms with E-state index in [-0.39, 0.29) is 11.3 Å². The van der Waals surface area contributed by atoms with E-state index < -0.39 is 0 Å². The quantitative estimate of drug-likeness (QED) is 0.182. The highest BCUT2D eigenvalue weighted by molar-refractivity contribution is 6.03. The molecule has 0 saturated carbocycles. The SMILES string of the molecule is c1ccc(-c2ccc(-c3ccc(C4c5ccccc5-c5c4ccc4c5-c5ccccc5C45c4ccccc4-c4ccccc45)cc3)cc2)cc1. The molecule has 0 amide bonds. The molecule has 0 aliphatic heterocycles. The fraction of sp³-hybridized carbons (Fsp3) is 0.0400. The van der Waals surface area contributed by atoms with Crippen LogP contribution in [0.5, 0.6) is 0 Å². The summed E-state index contributed by atoms with van der Waals surface area (Å²) in [6.45, 7) is 0. The van der Waals surface area contributed by atoms with E-state index in [0.717, 1.165) is 0 Å². The molecule has 232 valence electrons. The van der Waals surface area contributed by atoms with Gasteiger partial charge in [-0.2, -0.15) is 0 Å². The average molecular weight is 633 g/mol. The normalized spacial score (nSPS) is 15.2. The molecule has 1 spiro atoms. The lowest BCUT2D eigenvalue weighted by Crippen LogP contribution is -2.25. The molecule has 0 radical (unpaired) electrons. The predicted molar refractivity (Wildman–Crippen MR) is 206 cm³/mol. The third-order valence-electron chi connectivity index (χ3n) is 11.6. The van der Waals surface area contributed by atoms with E-state index in [9.17, 15) is 0 Å². The Hall–Kier alpha value is -6.24. The monoisotopic (exact) mass is 632 g/mol. The van der Waals surface area contributed by atoms with Gasteiger partial charge in [-0.3, -0.25) is 0 Å². The Bertz CT molecular complexity index is 2580. The van der Waals surface area contributed by atoms with E-state index >= 15 is 0 Å². The topological polar surface area (TPSA) is 0 Å². The third-order valence-corrected chi connectivity index (χ3v) is 11.6. The standard InChI is InChI=1S/C50H32/c1-2-12-32(13-3-1)33-22-24-34(25-23-33)35-26-28-36(29-27-35)47-39-16-4-5-17-40(39)48-42(47)30-31-46-49(48)41-18-8-11-21-45(41)50(46)43-19-9-6-14-37(43)38-15-7-10-20-44(38)50/h1-31,47H. The lowest BCUT2D eigenvalue weighted by atomic mass is 9.70. The lowest BCUT2D eigenvalue weighted by molar-refractivity contribution is 0.793. The van der Waals surface area contributed by atoms with Gasteiger partial charge in [0, 0.05) is 5.92 Å². The molecule has 0 fully saturated rings. The van der Waals surface area contributed by atoms with Crippen LogP contribution < -0.4 is 0 Å². The highest BCUT2D eigenvalue weighted by atomic mass is 14.5. The van der Waals surface area contributed by atoms with Crippen LogP contribution in [0.4, 0.5) is 0 Å². The first-order valence-corrected chi connectivity index (χ1v) is 17.6. The number of hydrogen-bond donors (Lipinski definition) is 0. The summed E-state index contributed by atoms with van der Waals surface area (Å²) >= 11 is 0. The molecule has 8 aromatic rings. The molecular formula is C50H32. The molecule has 0 heteroatoms. The van der Waals surface area contributed by atoms with Crippen molar-refractivity contribution in [3.05, 3.63) is 227 Å². The van der Waals surface area contributed by atoms with Crippen LogP contribution in [0.1, 0.15) is 44.9 Å². The zero-order valence-corrected chi connectivity index (χ0v) is 27.5. The number of fused-ring (bicyclic) bond motifs is 14. The molecule has 0 bridgehead atoms. The van der Waals surface area contributed by atoms with Crippen molar-refractivity contribution in [2.45, 2.75) is 11.3 Å². The van der Waals surface area contributed by atoms with Gasteiger partial charge in [-0.25, -0.2) is 0 Å². The Morgan fingerprint density at radius 3 is 1.36 bits per heavy atom. The summed E-state index contributed by atoms with van der Waals surface area (Å²) in [5.74, 6) is 0.174. The van der Waals surface area contributed by atoms with Gasteiger partial charge in [0.15, 0.2) is 0 Å². The zero-order valence-electron chi connectivity index (χ0n) is 27.5. The second kappa shape index (κ2) is 10.4. The first-order chi connectivity index (χ1) is 24.8. The van der Waals surface area contributed by atoms with Crippen molar-refractivity contribution >= 4 is 0 Å². The van der Waals surface area contributed by atoms with Crippen molar-refractivity contribution in [1.29, 1.82) is 0 Å². The fourth-order valence-corrected chi connectivity index (χ4v) is 9.59. The van der Waals surface area contributed by atoms with Gasteiger partial charge in [0.05, 0.1) is 5.41 Å². The van der Waals surface area contributed by atoms with Crippen LogP contribution in [0, 0.1) is 0 Å². The van der Waals surface area contributed by atoms with Gasteiger partial charge in [0.2, 0.25) is 0 Å². The first kappa shape index (κ1) is 27.7. The summed E-state index contributed by atoms with van der Waals surface area (Å²) in [6, 6.07) is 70.2. The smallest absolute Gasteiger partial charge is 0.0622 e. The van der Waals surface area contributed by atoms with Crippen LogP contribution in [-0.2, 0) is 5.41 Å².